The predicted molar refractivity (Wildman–Crippen MR) is 82.7 cm³/mol. The maximum absolute atomic E-state index is 6.24. The van der Waals surface area contributed by atoms with Crippen molar-refractivity contribution in [3.63, 3.8) is 0 Å². The largest absolute Gasteiger partial charge is 0.373 e. The van der Waals surface area contributed by atoms with Crippen LogP contribution in [-0.2, 0) is 5.41 Å². The number of nitrogens with zero attached hydrogens (tertiary/aromatic N) is 1. The average Bonchev–Trinajstić information content (AvgIpc) is 2.26. The first-order valence-corrected chi connectivity index (χ1v) is 6.98. The SMILES string of the molecule is CNc1nc2c(Cl)cc(Br)cc2cc1C(C)(C)C. The molecule has 0 radical (unpaired) electrons. The third-order valence-corrected chi connectivity index (χ3v) is 3.63. The molecular weight excluding hydrogens is 312 g/mol. The van der Waals surface area contributed by atoms with E-state index in [-0.39, 0.29) is 5.41 Å². The highest BCUT2D eigenvalue weighted by Gasteiger charge is 2.20. The summed E-state index contributed by atoms with van der Waals surface area (Å²) in [7, 11) is 1.89. The van der Waals surface area contributed by atoms with Gasteiger partial charge < -0.3 is 5.32 Å². The molecule has 1 heterocycles. The summed E-state index contributed by atoms with van der Waals surface area (Å²) in [4.78, 5) is 4.64. The molecule has 4 heteroatoms. The second-order valence-corrected chi connectivity index (χ2v) is 6.67. The Morgan fingerprint density at radius 3 is 2.44 bits per heavy atom. The van der Waals surface area contributed by atoms with Crippen molar-refractivity contribution in [3.05, 3.63) is 33.3 Å². The summed E-state index contributed by atoms with van der Waals surface area (Å²) >= 11 is 9.70. The number of pyridine rings is 1. The van der Waals surface area contributed by atoms with E-state index in [4.69, 9.17) is 11.6 Å². The molecule has 0 aliphatic rings. The molecule has 2 aromatic rings. The molecule has 2 nitrogen and oxygen atoms in total. The van der Waals surface area contributed by atoms with Crippen LogP contribution in [0.25, 0.3) is 10.9 Å². The molecule has 0 aliphatic heterocycles. The zero-order chi connectivity index (χ0) is 13.5. The first kappa shape index (κ1) is 13.6. The summed E-state index contributed by atoms with van der Waals surface area (Å²) in [6, 6.07) is 6.07. The number of hydrogen-bond donors (Lipinski definition) is 1. The fourth-order valence-corrected chi connectivity index (χ4v) is 2.85. The molecule has 0 bridgehead atoms. The Kier molecular flexibility index (Phi) is 3.56. The Balaban J connectivity index is 2.81. The zero-order valence-corrected chi connectivity index (χ0v) is 13.3. The first-order chi connectivity index (χ1) is 8.32. The normalized spacial score (nSPS) is 11.9. The quantitative estimate of drug-likeness (QED) is 0.798. The zero-order valence-electron chi connectivity index (χ0n) is 10.9. The van der Waals surface area contributed by atoms with Crippen LogP contribution in [0.1, 0.15) is 26.3 Å². The van der Waals surface area contributed by atoms with E-state index in [0.29, 0.717) is 5.02 Å². The fourth-order valence-electron chi connectivity index (χ4n) is 1.97. The van der Waals surface area contributed by atoms with Crippen LogP contribution in [0.15, 0.2) is 22.7 Å². The minimum absolute atomic E-state index is 0.0360. The molecular formula is C14H16BrClN2. The van der Waals surface area contributed by atoms with Crippen molar-refractivity contribution < 1.29 is 0 Å². The summed E-state index contributed by atoms with van der Waals surface area (Å²) in [6.07, 6.45) is 0. The summed E-state index contributed by atoms with van der Waals surface area (Å²) in [5.41, 5.74) is 2.05. The molecule has 0 atom stereocenters. The maximum Gasteiger partial charge on any atom is 0.130 e. The summed E-state index contributed by atoms with van der Waals surface area (Å²) in [5, 5.41) is 4.87. The number of aromatic nitrogens is 1. The van der Waals surface area contributed by atoms with E-state index in [0.717, 1.165) is 21.2 Å². The molecule has 0 saturated heterocycles. The number of benzene rings is 1. The third-order valence-electron chi connectivity index (χ3n) is 2.88. The van der Waals surface area contributed by atoms with Gasteiger partial charge in [-0.25, -0.2) is 4.98 Å². The van der Waals surface area contributed by atoms with Crippen LogP contribution in [0.2, 0.25) is 5.02 Å². The highest BCUT2D eigenvalue weighted by Crippen LogP contribution is 2.34. The van der Waals surface area contributed by atoms with Crippen molar-refractivity contribution in [2.75, 3.05) is 12.4 Å². The van der Waals surface area contributed by atoms with Crippen LogP contribution in [-0.4, -0.2) is 12.0 Å². The lowest BCUT2D eigenvalue weighted by atomic mass is 9.86. The van der Waals surface area contributed by atoms with Gasteiger partial charge in [0, 0.05) is 22.5 Å². The molecule has 96 valence electrons. The van der Waals surface area contributed by atoms with E-state index in [1.54, 1.807) is 0 Å². The molecule has 0 saturated carbocycles. The van der Waals surface area contributed by atoms with Crippen LogP contribution >= 0.6 is 27.5 Å². The highest BCUT2D eigenvalue weighted by atomic mass is 79.9. The van der Waals surface area contributed by atoms with Gasteiger partial charge >= 0.3 is 0 Å². The Morgan fingerprint density at radius 2 is 1.89 bits per heavy atom. The van der Waals surface area contributed by atoms with Gasteiger partial charge in [0.1, 0.15) is 5.82 Å². The van der Waals surface area contributed by atoms with Crippen LogP contribution in [0.4, 0.5) is 5.82 Å². The minimum Gasteiger partial charge on any atom is -0.373 e. The number of nitrogens with one attached hydrogen (secondary N) is 1. The van der Waals surface area contributed by atoms with Crippen LogP contribution < -0.4 is 5.32 Å². The molecule has 0 spiro atoms. The van der Waals surface area contributed by atoms with Gasteiger partial charge in [0.25, 0.3) is 0 Å². The minimum atomic E-state index is 0.0360. The van der Waals surface area contributed by atoms with Gasteiger partial charge in [-0.3, -0.25) is 0 Å². The number of hydrogen-bond acceptors (Lipinski definition) is 2. The fraction of sp³-hybridized carbons (Fsp3) is 0.357. The molecule has 1 aromatic heterocycles. The Hall–Kier alpha value is -0.800. The molecule has 0 aliphatic carbocycles. The van der Waals surface area contributed by atoms with Crippen molar-refractivity contribution in [1.29, 1.82) is 0 Å². The monoisotopic (exact) mass is 326 g/mol. The Labute approximate surface area is 121 Å². The molecule has 0 amide bonds. The number of anilines is 1. The molecule has 0 fully saturated rings. The van der Waals surface area contributed by atoms with Gasteiger partial charge in [-0.1, -0.05) is 48.3 Å². The second-order valence-electron chi connectivity index (χ2n) is 5.34. The molecule has 1 N–H and O–H groups in total. The van der Waals surface area contributed by atoms with Crippen molar-refractivity contribution in [3.8, 4) is 0 Å². The summed E-state index contributed by atoms with van der Waals surface area (Å²) < 4.78 is 0.971. The van der Waals surface area contributed by atoms with E-state index in [1.807, 2.05) is 19.2 Å². The van der Waals surface area contributed by atoms with Gasteiger partial charge in [-0.2, -0.15) is 0 Å². The van der Waals surface area contributed by atoms with Gasteiger partial charge in [-0.15, -0.1) is 0 Å². The van der Waals surface area contributed by atoms with Crippen LogP contribution in [0.3, 0.4) is 0 Å². The van der Waals surface area contributed by atoms with Gasteiger partial charge in [-0.05, 0) is 23.6 Å². The van der Waals surface area contributed by atoms with E-state index in [9.17, 15) is 0 Å². The van der Waals surface area contributed by atoms with Crippen molar-refractivity contribution in [2.45, 2.75) is 26.2 Å². The van der Waals surface area contributed by atoms with E-state index in [1.165, 1.54) is 5.56 Å². The van der Waals surface area contributed by atoms with Gasteiger partial charge in [0.15, 0.2) is 0 Å². The third kappa shape index (κ3) is 2.47. The van der Waals surface area contributed by atoms with Crippen molar-refractivity contribution in [1.82, 2.24) is 4.98 Å². The molecule has 1 aromatic carbocycles. The summed E-state index contributed by atoms with van der Waals surface area (Å²) in [6.45, 7) is 6.53. The number of fused-ring (bicyclic) bond motifs is 1. The van der Waals surface area contributed by atoms with Crippen molar-refractivity contribution in [2.24, 2.45) is 0 Å². The van der Waals surface area contributed by atoms with E-state index >= 15 is 0 Å². The highest BCUT2D eigenvalue weighted by molar-refractivity contribution is 9.10. The van der Waals surface area contributed by atoms with Crippen LogP contribution in [0.5, 0.6) is 0 Å². The number of halogens is 2. The van der Waals surface area contributed by atoms with Crippen LogP contribution in [0, 0.1) is 0 Å². The van der Waals surface area contributed by atoms with E-state index in [2.05, 4.69) is 53.1 Å². The maximum atomic E-state index is 6.24. The lowest BCUT2D eigenvalue weighted by Gasteiger charge is -2.22. The second kappa shape index (κ2) is 4.71. The number of rotatable bonds is 1. The molecule has 2 rings (SSSR count). The predicted octanol–water partition coefficient (Wildman–Crippen LogP) is 4.99. The molecule has 18 heavy (non-hydrogen) atoms. The Morgan fingerprint density at radius 1 is 1.22 bits per heavy atom. The van der Waals surface area contributed by atoms with Gasteiger partial charge in [0.05, 0.1) is 10.5 Å². The topological polar surface area (TPSA) is 24.9 Å². The average molecular weight is 328 g/mol. The lowest BCUT2D eigenvalue weighted by molar-refractivity contribution is 0.591. The van der Waals surface area contributed by atoms with Gasteiger partial charge in [0.2, 0.25) is 0 Å². The smallest absolute Gasteiger partial charge is 0.130 e. The lowest BCUT2D eigenvalue weighted by Crippen LogP contribution is -2.15. The Bertz CT molecular complexity index is 603. The summed E-state index contributed by atoms with van der Waals surface area (Å²) in [5.74, 6) is 0.888. The standard InChI is InChI=1S/C14H16BrClN2/c1-14(2,3)10-6-8-5-9(15)7-11(16)12(8)18-13(10)17-4/h5-7H,1-4H3,(H,17,18). The van der Waals surface area contributed by atoms with Crippen molar-refractivity contribution >= 4 is 44.3 Å². The van der Waals surface area contributed by atoms with E-state index < -0.39 is 0 Å². The molecule has 0 unspecified atom stereocenters. The first-order valence-electron chi connectivity index (χ1n) is 5.81.